The Morgan fingerprint density at radius 3 is 2.79 bits per heavy atom. The van der Waals surface area contributed by atoms with Gasteiger partial charge in [0.15, 0.2) is 0 Å². The van der Waals surface area contributed by atoms with Gasteiger partial charge in [-0.25, -0.2) is 9.18 Å². The van der Waals surface area contributed by atoms with Gasteiger partial charge in [0, 0.05) is 54.4 Å². The first-order valence-corrected chi connectivity index (χ1v) is 13.2. The molecule has 2 aromatic heterocycles. The Balaban J connectivity index is 0.00000336. The molecule has 10 heteroatoms. The number of ether oxygens (including phenoxy) is 1. The molecule has 2 amide bonds. The Labute approximate surface area is 233 Å². The number of benzene rings is 1. The fourth-order valence-corrected chi connectivity index (χ4v) is 5.69. The molecule has 0 N–H and O–H groups in total. The monoisotopic (exact) mass is 558 g/mol. The molecular formula is C28H32ClFN4O3S. The molecule has 5 rings (SSSR count). The molecule has 1 fully saturated rings. The molecule has 0 bridgehead atoms. The van der Waals surface area contributed by atoms with Crippen molar-refractivity contribution in [3.05, 3.63) is 69.9 Å². The Morgan fingerprint density at radius 1 is 1.24 bits per heavy atom. The van der Waals surface area contributed by atoms with Gasteiger partial charge in [0.05, 0.1) is 22.8 Å². The second-order valence-electron chi connectivity index (χ2n) is 9.80. The highest BCUT2D eigenvalue weighted by atomic mass is 35.5. The van der Waals surface area contributed by atoms with Gasteiger partial charge in [-0.3, -0.25) is 14.8 Å². The Bertz CT molecular complexity index is 1360. The Morgan fingerprint density at radius 2 is 2.05 bits per heavy atom. The number of pyridine rings is 2. The van der Waals surface area contributed by atoms with Crippen molar-refractivity contribution in [1.29, 1.82) is 0 Å². The zero-order valence-electron chi connectivity index (χ0n) is 21.5. The van der Waals surface area contributed by atoms with Gasteiger partial charge in [0.2, 0.25) is 0 Å². The van der Waals surface area contributed by atoms with Gasteiger partial charge < -0.3 is 14.5 Å². The minimum absolute atomic E-state index is 0. The Kier molecular flexibility index (Phi) is 8.78. The third kappa shape index (κ3) is 5.45. The van der Waals surface area contributed by atoms with E-state index in [-0.39, 0.29) is 43.3 Å². The van der Waals surface area contributed by atoms with Crippen molar-refractivity contribution in [2.45, 2.75) is 51.5 Å². The van der Waals surface area contributed by atoms with Gasteiger partial charge in [-0.1, -0.05) is 24.6 Å². The highest BCUT2D eigenvalue weighted by molar-refractivity contribution is 7.59. The van der Waals surface area contributed by atoms with E-state index < -0.39 is 0 Å². The largest absolute Gasteiger partial charge is 0.449 e. The minimum atomic E-state index is -0.334. The molecule has 202 valence electrons. The number of nitrogens with zero attached hydrogens (tertiary/aromatic N) is 4. The van der Waals surface area contributed by atoms with Gasteiger partial charge in [-0.2, -0.15) is 13.5 Å². The van der Waals surface area contributed by atoms with Crippen LogP contribution in [0.4, 0.5) is 9.18 Å². The van der Waals surface area contributed by atoms with E-state index in [0.717, 1.165) is 29.5 Å². The summed E-state index contributed by atoms with van der Waals surface area (Å²) in [5.74, 6) is -0.482. The van der Waals surface area contributed by atoms with Crippen molar-refractivity contribution in [2.75, 3.05) is 26.2 Å². The van der Waals surface area contributed by atoms with Crippen LogP contribution in [-0.2, 0) is 17.6 Å². The molecule has 1 aromatic carbocycles. The molecule has 38 heavy (non-hydrogen) atoms. The van der Waals surface area contributed by atoms with Crippen molar-refractivity contribution in [1.82, 2.24) is 19.8 Å². The van der Waals surface area contributed by atoms with Gasteiger partial charge in [-0.15, -0.1) is 0 Å². The second kappa shape index (κ2) is 11.9. The van der Waals surface area contributed by atoms with Gasteiger partial charge >= 0.3 is 6.09 Å². The van der Waals surface area contributed by atoms with E-state index in [4.69, 9.17) is 21.3 Å². The van der Waals surface area contributed by atoms with Crippen LogP contribution in [0.15, 0.2) is 36.5 Å². The van der Waals surface area contributed by atoms with Crippen LogP contribution in [-0.4, -0.2) is 64.1 Å². The van der Waals surface area contributed by atoms with Gasteiger partial charge in [0.1, 0.15) is 5.82 Å². The third-order valence-electron chi connectivity index (χ3n) is 7.28. The zero-order valence-corrected chi connectivity index (χ0v) is 23.3. The number of hydrogen-bond donors (Lipinski definition) is 0. The summed E-state index contributed by atoms with van der Waals surface area (Å²) in [5.41, 5.74) is 3.44. The summed E-state index contributed by atoms with van der Waals surface area (Å²) in [7, 11) is 0. The number of halogens is 2. The average Bonchev–Trinajstić information content (AvgIpc) is 2.91. The van der Waals surface area contributed by atoms with Crippen LogP contribution in [0.25, 0.3) is 10.9 Å². The summed E-state index contributed by atoms with van der Waals surface area (Å²) >= 11 is 6.79. The first-order chi connectivity index (χ1) is 17.9. The highest BCUT2D eigenvalue weighted by Gasteiger charge is 2.32. The summed E-state index contributed by atoms with van der Waals surface area (Å²) in [6.07, 6.45) is 4.04. The van der Waals surface area contributed by atoms with E-state index in [0.29, 0.717) is 60.9 Å². The predicted molar refractivity (Wildman–Crippen MR) is 150 cm³/mol. The first-order valence-electron chi connectivity index (χ1n) is 12.8. The molecule has 0 saturated carbocycles. The molecule has 1 unspecified atom stereocenters. The summed E-state index contributed by atoms with van der Waals surface area (Å²) < 4.78 is 19.6. The summed E-state index contributed by atoms with van der Waals surface area (Å²) in [5, 5.41) is 1.45. The number of aromatic nitrogens is 2. The highest BCUT2D eigenvalue weighted by Crippen LogP contribution is 2.38. The lowest BCUT2D eigenvalue weighted by molar-refractivity contribution is 0.0412. The number of carbonyl (C=O) groups is 2. The Hall–Kier alpha value is -2.91. The lowest BCUT2D eigenvalue weighted by Gasteiger charge is -2.39. The van der Waals surface area contributed by atoms with E-state index in [9.17, 15) is 14.0 Å². The molecular weight excluding hydrogens is 527 g/mol. The SMILES string of the molecule is CCCOC(=O)N1CCN(C(=O)c2ccc3c(Cl)c4c(nc3c2)CC(c2ncccc2F)CC4)C[C@@H]1C.S. The molecule has 7 nitrogen and oxygen atoms in total. The smallest absolute Gasteiger partial charge is 0.410 e. The molecule has 3 heterocycles. The molecule has 1 aliphatic carbocycles. The van der Waals surface area contributed by atoms with Crippen molar-refractivity contribution in [3.8, 4) is 0 Å². The van der Waals surface area contributed by atoms with Crippen molar-refractivity contribution in [3.63, 3.8) is 0 Å². The summed E-state index contributed by atoms with van der Waals surface area (Å²) in [6, 6.07) is 8.30. The van der Waals surface area contributed by atoms with Gasteiger partial charge in [0.25, 0.3) is 5.91 Å². The standard InChI is InChI=1S/C28H30ClFN4O3.H2S/c1-3-13-37-28(36)34-12-11-33(16-17(34)2)27(35)19-7-9-21-24(15-19)32-23-14-18(6-8-20(23)25(21)29)26-22(30)5-4-10-31-26;/h4-5,7,9-10,15,17-18H,3,6,8,11-14,16H2,1-2H3;1H2/t17-,18?;/m0./s1. The van der Waals surface area contributed by atoms with Crippen LogP contribution in [0, 0.1) is 5.82 Å². The fourth-order valence-electron chi connectivity index (χ4n) is 5.32. The number of amides is 2. The molecule has 2 aliphatic rings. The minimum Gasteiger partial charge on any atom is -0.449 e. The predicted octanol–water partition coefficient (Wildman–Crippen LogP) is 5.50. The normalized spacial score (nSPS) is 19.1. The number of hydrogen-bond acceptors (Lipinski definition) is 5. The zero-order chi connectivity index (χ0) is 26.1. The molecule has 2 atom stereocenters. The number of carbonyl (C=O) groups excluding carboxylic acids is 2. The van der Waals surface area contributed by atoms with E-state index in [1.54, 1.807) is 34.2 Å². The maximum Gasteiger partial charge on any atom is 0.410 e. The molecule has 0 spiro atoms. The molecule has 3 aromatic rings. The quantitative estimate of drug-likeness (QED) is 0.422. The van der Waals surface area contributed by atoms with E-state index in [1.807, 2.05) is 19.9 Å². The molecule has 1 saturated heterocycles. The average molecular weight is 559 g/mol. The van der Waals surface area contributed by atoms with Crippen LogP contribution >= 0.6 is 25.1 Å². The number of rotatable bonds is 4. The maximum absolute atomic E-state index is 14.4. The fraction of sp³-hybridized carbons (Fsp3) is 0.429. The van der Waals surface area contributed by atoms with Crippen molar-refractivity contribution < 1.29 is 18.7 Å². The van der Waals surface area contributed by atoms with Crippen molar-refractivity contribution in [2.24, 2.45) is 0 Å². The number of fused-ring (bicyclic) bond motifs is 2. The van der Waals surface area contributed by atoms with Crippen LogP contribution < -0.4 is 0 Å². The van der Waals surface area contributed by atoms with Crippen LogP contribution in [0.2, 0.25) is 5.02 Å². The van der Waals surface area contributed by atoms with E-state index >= 15 is 0 Å². The topological polar surface area (TPSA) is 75.6 Å². The van der Waals surface area contributed by atoms with Crippen LogP contribution in [0.5, 0.6) is 0 Å². The van der Waals surface area contributed by atoms with Crippen molar-refractivity contribution >= 4 is 48.0 Å². The van der Waals surface area contributed by atoms with Gasteiger partial charge in [-0.05, 0) is 62.4 Å². The van der Waals surface area contributed by atoms with E-state index in [1.165, 1.54) is 6.07 Å². The van der Waals surface area contributed by atoms with E-state index in [2.05, 4.69) is 4.98 Å². The third-order valence-corrected chi connectivity index (χ3v) is 7.72. The lowest BCUT2D eigenvalue weighted by Crippen LogP contribution is -2.55. The summed E-state index contributed by atoms with van der Waals surface area (Å²) in [6.45, 7) is 5.53. The van der Waals surface area contributed by atoms with Crippen LogP contribution in [0.3, 0.4) is 0 Å². The lowest BCUT2D eigenvalue weighted by atomic mass is 9.84. The molecule has 0 radical (unpaired) electrons. The number of piperazine rings is 1. The second-order valence-corrected chi connectivity index (χ2v) is 10.2. The molecule has 1 aliphatic heterocycles. The maximum atomic E-state index is 14.4. The first kappa shape index (κ1) is 28.1. The van der Waals surface area contributed by atoms with Crippen LogP contribution in [0.1, 0.15) is 59.9 Å². The summed E-state index contributed by atoms with van der Waals surface area (Å²) in [4.78, 5) is 38.2.